The van der Waals surface area contributed by atoms with Crippen molar-refractivity contribution in [3.63, 3.8) is 0 Å². The fraction of sp³-hybridized carbons (Fsp3) is 0.412. The van der Waals surface area contributed by atoms with Crippen molar-refractivity contribution in [3.05, 3.63) is 42.1 Å². The largest absolute Gasteiger partial charge is 0.385 e. The minimum Gasteiger partial charge on any atom is -0.385 e. The first-order chi connectivity index (χ1) is 9.77. The van der Waals surface area contributed by atoms with Crippen molar-refractivity contribution in [2.24, 2.45) is 5.92 Å². The van der Waals surface area contributed by atoms with E-state index in [2.05, 4.69) is 4.98 Å². The Hall–Kier alpha value is -1.74. The molecular weight excluding hydrogens is 250 g/mol. The third-order valence-electron chi connectivity index (χ3n) is 4.28. The summed E-state index contributed by atoms with van der Waals surface area (Å²) in [6.45, 7) is 0. The Balaban J connectivity index is 1.92. The molecule has 1 heterocycles. The quantitative estimate of drug-likeness (QED) is 0.869. The van der Waals surface area contributed by atoms with Crippen LogP contribution in [0.15, 0.2) is 36.5 Å². The molecule has 0 saturated heterocycles. The molecule has 1 unspecified atom stereocenters. The second kappa shape index (κ2) is 5.71. The van der Waals surface area contributed by atoms with E-state index >= 15 is 0 Å². The van der Waals surface area contributed by atoms with Crippen molar-refractivity contribution in [1.29, 1.82) is 0 Å². The lowest BCUT2D eigenvalue weighted by molar-refractivity contribution is 0.0536. The standard InChI is InChI=1S/C17H19NO2/c19-16(12-6-2-1-3-7-12)17(20)14-8-4-10-15-13(14)9-5-11-18-15/h4-5,8-12,16,19H,1-3,6-7H2. The van der Waals surface area contributed by atoms with Crippen LogP contribution in [0.2, 0.25) is 0 Å². The molecule has 3 heteroatoms. The van der Waals surface area contributed by atoms with Gasteiger partial charge in [-0.2, -0.15) is 0 Å². The predicted octanol–water partition coefficient (Wildman–Crippen LogP) is 3.36. The van der Waals surface area contributed by atoms with Gasteiger partial charge in [-0.3, -0.25) is 9.78 Å². The summed E-state index contributed by atoms with van der Waals surface area (Å²) in [5.74, 6) is -0.0429. The Morgan fingerprint density at radius 2 is 1.95 bits per heavy atom. The van der Waals surface area contributed by atoms with E-state index in [1.165, 1.54) is 6.42 Å². The second-order valence-electron chi connectivity index (χ2n) is 5.58. The molecule has 0 radical (unpaired) electrons. The zero-order chi connectivity index (χ0) is 13.9. The number of nitrogens with zero attached hydrogens (tertiary/aromatic N) is 1. The van der Waals surface area contributed by atoms with Gasteiger partial charge in [-0.15, -0.1) is 0 Å². The van der Waals surface area contributed by atoms with Gasteiger partial charge in [0.1, 0.15) is 6.10 Å². The predicted molar refractivity (Wildman–Crippen MR) is 78.7 cm³/mol. The van der Waals surface area contributed by atoms with E-state index in [0.717, 1.165) is 36.6 Å². The first-order valence-electron chi connectivity index (χ1n) is 7.33. The number of hydrogen-bond acceptors (Lipinski definition) is 3. The lowest BCUT2D eigenvalue weighted by atomic mass is 9.82. The first kappa shape index (κ1) is 13.3. The maximum atomic E-state index is 12.6. The number of aliphatic hydroxyl groups is 1. The van der Waals surface area contributed by atoms with Crippen LogP contribution in [0.25, 0.3) is 10.9 Å². The molecule has 1 aliphatic carbocycles. The first-order valence-corrected chi connectivity index (χ1v) is 7.33. The zero-order valence-corrected chi connectivity index (χ0v) is 11.5. The maximum absolute atomic E-state index is 12.6. The number of Topliss-reactive ketones (excluding diaryl/α,β-unsaturated/α-hetero) is 1. The van der Waals surface area contributed by atoms with E-state index in [-0.39, 0.29) is 11.7 Å². The van der Waals surface area contributed by atoms with Crippen LogP contribution in [-0.2, 0) is 0 Å². The van der Waals surface area contributed by atoms with Crippen LogP contribution >= 0.6 is 0 Å². The molecular formula is C17H19NO2. The van der Waals surface area contributed by atoms with Crippen molar-refractivity contribution in [2.45, 2.75) is 38.2 Å². The van der Waals surface area contributed by atoms with Crippen LogP contribution < -0.4 is 0 Å². The van der Waals surface area contributed by atoms with Crippen molar-refractivity contribution in [1.82, 2.24) is 4.98 Å². The van der Waals surface area contributed by atoms with Gasteiger partial charge in [-0.05, 0) is 30.9 Å². The number of carbonyl (C=O) groups is 1. The van der Waals surface area contributed by atoms with Crippen LogP contribution in [-0.4, -0.2) is 22.0 Å². The molecule has 0 aliphatic heterocycles. The summed E-state index contributed by atoms with van der Waals surface area (Å²) in [6, 6.07) is 9.23. The van der Waals surface area contributed by atoms with Gasteiger partial charge >= 0.3 is 0 Å². The average molecular weight is 269 g/mol. The molecule has 0 spiro atoms. The van der Waals surface area contributed by atoms with E-state index in [1.807, 2.05) is 24.3 Å². The number of rotatable bonds is 3. The smallest absolute Gasteiger partial charge is 0.192 e. The summed E-state index contributed by atoms with van der Waals surface area (Å²) in [4.78, 5) is 16.8. The molecule has 2 aromatic rings. The van der Waals surface area contributed by atoms with Gasteiger partial charge in [0, 0.05) is 17.1 Å². The molecule has 1 aromatic carbocycles. The molecule has 1 aliphatic rings. The number of hydrogen-bond donors (Lipinski definition) is 1. The monoisotopic (exact) mass is 269 g/mol. The number of aromatic nitrogens is 1. The van der Waals surface area contributed by atoms with Crippen molar-refractivity contribution < 1.29 is 9.90 Å². The highest BCUT2D eigenvalue weighted by molar-refractivity contribution is 6.09. The topological polar surface area (TPSA) is 50.2 Å². The van der Waals surface area contributed by atoms with Crippen LogP contribution in [0.3, 0.4) is 0 Å². The Labute approximate surface area is 118 Å². The Kier molecular flexibility index (Phi) is 3.79. The highest BCUT2D eigenvalue weighted by atomic mass is 16.3. The van der Waals surface area contributed by atoms with Crippen LogP contribution in [0.4, 0.5) is 0 Å². The molecule has 3 rings (SSSR count). The number of fused-ring (bicyclic) bond motifs is 1. The minimum absolute atomic E-state index is 0.114. The molecule has 20 heavy (non-hydrogen) atoms. The molecule has 1 saturated carbocycles. The fourth-order valence-electron chi connectivity index (χ4n) is 3.14. The van der Waals surface area contributed by atoms with Gasteiger partial charge in [0.25, 0.3) is 0 Å². The van der Waals surface area contributed by atoms with Gasteiger partial charge in [0.05, 0.1) is 5.52 Å². The molecule has 0 bridgehead atoms. The van der Waals surface area contributed by atoms with E-state index in [9.17, 15) is 9.90 Å². The Morgan fingerprint density at radius 1 is 1.15 bits per heavy atom. The highest BCUT2D eigenvalue weighted by Gasteiger charge is 2.28. The van der Waals surface area contributed by atoms with Crippen LogP contribution in [0, 0.1) is 5.92 Å². The van der Waals surface area contributed by atoms with Crippen molar-refractivity contribution in [2.75, 3.05) is 0 Å². The molecule has 1 N–H and O–H groups in total. The Bertz CT molecular complexity index is 612. The second-order valence-corrected chi connectivity index (χ2v) is 5.58. The molecule has 1 fully saturated rings. The van der Waals surface area contributed by atoms with E-state index in [1.54, 1.807) is 12.3 Å². The van der Waals surface area contributed by atoms with Gasteiger partial charge in [-0.1, -0.05) is 37.5 Å². The van der Waals surface area contributed by atoms with Crippen molar-refractivity contribution in [3.8, 4) is 0 Å². The summed E-state index contributed by atoms with van der Waals surface area (Å²) < 4.78 is 0. The SMILES string of the molecule is O=C(c1cccc2ncccc12)C(O)C1CCCCC1. The van der Waals surface area contributed by atoms with Gasteiger partial charge in [0.2, 0.25) is 0 Å². The number of ketones is 1. The van der Waals surface area contributed by atoms with Crippen LogP contribution in [0.5, 0.6) is 0 Å². The van der Waals surface area contributed by atoms with Gasteiger partial charge < -0.3 is 5.11 Å². The van der Waals surface area contributed by atoms with Gasteiger partial charge in [-0.25, -0.2) is 0 Å². The highest BCUT2D eigenvalue weighted by Crippen LogP contribution is 2.29. The summed E-state index contributed by atoms with van der Waals surface area (Å²) in [5, 5.41) is 11.2. The lowest BCUT2D eigenvalue weighted by Gasteiger charge is -2.25. The summed E-state index contributed by atoms with van der Waals surface area (Å²) in [5.41, 5.74) is 1.39. The van der Waals surface area contributed by atoms with E-state index in [4.69, 9.17) is 0 Å². The molecule has 104 valence electrons. The van der Waals surface area contributed by atoms with E-state index in [0.29, 0.717) is 5.56 Å². The minimum atomic E-state index is -0.874. The number of benzene rings is 1. The summed E-state index contributed by atoms with van der Waals surface area (Å²) in [6.07, 6.45) is 6.20. The zero-order valence-electron chi connectivity index (χ0n) is 11.5. The van der Waals surface area contributed by atoms with E-state index < -0.39 is 6.10 Å². The summed E-state index contributed by atoms with van der Waals surface area (Å²) >= 11 is 0. The molecule has 3 nitrogen and oxygen atoms in total. The fourth-order valence-corrected chi connectivity index (χ4v) is 3.14. The lowest BCUT2D eigenvalue weighted by Crippen LogP contribution is -2.31. The number of pyridine rings is 1. The van der Waals surface area contributed by atoms with Crippen molar-refractivity contribution >= 4 is 16.7 Å². The molecule has 0 amide bonds. The number of carbonyl (C=O) groups excluding carboxylic acids is 1. The summed E-state index contributed by atoms with van der Waals surface area (Å²) in [7, 11) is 0. The normalized spacial score (nSPS) is 18.1. The van der Waals surface area contributed by atoms with Crippen LogP contribution in [0.1, 0.15) is 42.5 Å². The molecule has 1 aromatic heterocycles. The average Bonchev–Trinajstić information content (AvgIpc) is 2.54. The third kappa shape index (κ3) is 2.46. The number of aliphatic hydroxyl groups excluding tert-OH is 1. The maximum Gasteiger partial charge on any atom is 0.192 e. The molecule has 1 atom stereocenters. The third-order valence-corrected chi connectivity index (χ3v) is 4.28. The van der Waals surface area contributed by atoms with Gasteiger partial charge in [0.15, 0.2) is 5.78 Å². The Morgan fingerprint density at radius 3 is 2.75 bits per heavy atom.